The summed E-state index contributed by atoms with van der Waals surface area (Å²) in [6.45, 7) is 0. The quantitative estimate of drug-likeness (QED) is 0.511. The number of phenolic OH excluding ortho intramolecular Hbond substituents is 1. The molecule has 0 atom stereocenters. The van der Waals surface area contributed by atoms with Crippen molar-refractivity contribution < 1.29 is 14.7 Å². The highest BCUT2D eigenvalue weighted by atomic mass is 32.2. The number of hydrazine groups is 1. The first-order chi connectivity index (χ1) is 13.5. The van der Waals surface area contributed by atoms with Crippen LogP contribution in [-0.2, 0) is 4.79 Å². The summed E-state index contributed by atoms with van der Waals surface area (Å²) in [6, 6.07) is 15.2. The van der Waals surface area contributed by atoms with E-state index >= 15 is 0 Å². The fraction of sp³-hybridized carbons (Fsp3) is 0. The second-order valence-electron chi connectivity index (χ2n) is 5.93. The number of nitrogens with zero attached hydrogens (tertiary/aromatic N) is 2. The topological polar surface area (TPSA) is 82.5 Å². The first-order valence-electron chi connectivity index (χ1n) is 8.24. The maximum Gasteiger partial charge on any atom is 0.285 e. The molecule has 1 aliphatic rings. The van der Waals surface area contributed by atoms with Crippen molar-refractivity contribution in [2.75, 3.05) is 0 Å². The number of pyridine rings is 1. The van der Waals surface area contributed by atoms with E-state index in [2.05, 4.69) is 10.4 Å². The van der Waals surface area contributed by atoms with Crippen molar-refractivity contribution in [1.29, 1.82) is 0 Å². The van der Waals surface area contributed by atoms with Crippen LogP contribution in [-0.4, -0.2) is 31.2 Å². The van der Waals surface area contributed by atoms with Crippen molar-refractivity contribution in [1.82, 2.24) is 15.4 Å². The average Bonchev–Trinajstić information content (AvgIpc) is 2.96. The molecule has 0 aliphatic carbocycles. The number of amides is 2. The number of aromatic hydroxyl groups is 1. The smallest absolute Gasteiger partial charge is 0.285 e. The molecule has 4 rings (SSSR count). The highest BCUT2D eigenvalue weighted by Gasteiger charge is 2.33. The Hall–Kier alpha value is -3.23. The summed E-state index contributed by atoms with van der Waals surface area (Å²) in [5, 5.41) is 11.3. The molecule has 0 unspecified atom stereocenters. The van der Waals surface area contributed by atoms with E-state index in [1.807, 2.05) is 30.3 Å². The Morgan fingerprint density at radius 3 is 2.68 bits per heavy atom. The van der Waals surface area contributed by atoms with Gasteiger partial charge in [-0.05, 0) is 48.6 Å². The molecule has 0 spiro atoms. The van der Waals surface area contributed by atoms with Gasteiger partial charge in [0.25, 0.3) is 11.8 Å². The molecule has 1 aliphatic heterocycles. The third-order valence-electron chi connectivity index (χ3n) is 4.09. The summed E-state index contributed by atoms with van der Waals surface area (Å²) in [5.74, 6) is -0.853. The Balaban J connectivity index is 1.59. The lowest BCUT2D eigenvalue weighted by Gasteiger charge is -2.15. The summed E-state index contributed by atoms with van der Waals surface area (Å²) in [6.07, 6.45) is 3.42. The van der Waals surface area contributed by atoms with E-state index in [-0.39, 0.29) is 10.1 Å². The van der Waals surface area contributed by atoms with E-state index in [0.29, 0.717) is 10.5 Å². The minimum atomic E-state index is -0.496. The van der Waals surface area contributed by atoms with Crippen molar-refractivity contribution in [3.05, 3.63) is 76.8 Å². The first kappa shape index (κ1) is 18.1. The zero-order chi connectivity index (χ0) is 19.7. The summed E-state index contributed by atoms with van der Waals surface area (Å²) >= 11 is 6.36. The van der Waals surface area contributed by atoms with E-state index in [9.17, 15) is 14.7 Å². The lowest BCUT2D eigenvalue weighted by atomic mass is 10.1. The van der Waals surface area contributed by atoms with Crippen LogP contribution in [0, 0.1) is 0 Å². The third kappa shape index (κ3) is 3.47. The molecule has 2 heterocycles. The van der Waals surface area contributed by atoms with Gasteiger partial charge in [0, 0.05) is 22.7 Å². The van der Waals surface area contributed by atoms with Gasteiger partial charge in [0.05, 0.1) is 10.4 Å². The molecule has 1 fully saturated rings. The molecule has 0 radical (unpaired) electrons. The van der Waals surface area contributed by atoms with Gasteiger partial charge in [-0.25, -0.2) is 0 Å². The van der Waals surface area contributed by atoms with Crippen LogP contribution < -0.4 is 5.43 Å². The van der Waals surface area contributed by atoms with E-state index < -0.39 is 11.8 Å². The number of phenols is 1. The van der Waals surface area contributed by atoms with Crippen LogP contribution in [0.5, 0.6) is 5.75 Å². The van der Waals surface area contributed by atoms with Crippen LogP contribution in [0.25, 0.3) is 17.0 Å². The Kier molecular flexibility index (Phi) is 4.81. The molecule has 0 bridgehead atoms. The number of rotatable bonds is 3. The van der Waals surface area contributed by atoms with Gasteiger partial charge in [0.15, 0.2) is 4.32 Å². The zero-order valence-electron chi connectivity index (χ0n) is 14.3. The van der Waals surface area contributed by atoms with Gasteiger partial charge in [-0.1, -0.05) is 36.0 Å². The lowest BCUT2D eigenvalue weighted by molar-refractivity contribution is -0.123. The number of nitrogens with one attached hydrogen (secondary N) is 1. The predicted molar refractivity (Wildman–Crippen MR) is 112 cm³/mol. The maximum atomic E-state index is 12.8. The molecular weight excluding hydrogens is 394 g/mol. The number of hydrogen-bond donors (Lipinski definition) is 2. The number of benzene rings is 2. The van der Waals surface area contributed by atoms with E-state index in [0.717, 1.165) is 33.2 Å². The standard InChI is InChI=1S/C20H13N3O3S2/c24-15-8-6-13(7-9-15)18(25)22-23-19(26)16(28-20(23)27)11-14-4-1-3-12-5-2-10-21-17(12)14/h1-11,24H,(H,22,25). The van der Waals surface area contributed by atoms with Gasteiger partial charge in [-0.15, -0.1) is 0 Å². The minimum absolute atomic E-state index is 0.0498. The van der Waals surface area contributed by atoms with Gasteiger partial charge in [0.2, 0.25) is 0 Å². The summed E-state index contributed by atoms with van der Waals surface area (Å²) in [7, 11) is 0. The monoisotopic (exact) mass is 407 g/mol. The first-order valence-corrected chi connectivity index (χ1v) is 9.47. The van der Waals surface area contributed by atoms with Gasteiger partial charge in [-0.2, -0.15) is 5.01 Å². The molecule has 6 nitrogen and oxygen atoms in total. The van der Waals surface area contributed by atoms with Crippen LogP contribution in [0.3, 0.4) is 0 Å². The van der Waals surface area contributed by atoms with E-state index in [4.69, 9.17) is 12.2 Å². The number of hydrogen-bond acceptors (Lipinski definition) is 6. The third-order valence-corrected chi connectivity index (χ3v) is 5.39. The molecule has 8 heteroatoms. The fourth-order valence-electron chi connectivity index (χ4n) is 2.73. The van der Waals surface area contributed by atoms with Crippen LogP contribution >= 0.6 is 24.0 Å². The summed E-state index contributed by atoms with van der Waals surface area (Å²) in [5.41, 5.74) is 4.39. The fourth-order valence-corrected chi connectivity index (χ4v) is 3.90. The van der Waals surface area contributed by atoms with Gasteiger partial charge < -0.3 is 5.11 Å². The number of carbonyl (C=O) groups is 2. The number of thioether (sulfide) groups is 1. The maximum absolute atomic E-state index is 12.8. The highest BCUT2D eigenvalue weighted by Crippen LogP contribution is 2.32. The Labute approximate surface area is 169 Å². The van der Waals surface area contributed by atoms with Crippen LogP contribution in [0.1, 0.15) is 15.9 Å². The molecule has 1 saturated heterocycles. The van der Waals surface area contributed by atoms with Crippen molar-refractivity contribution in [3.63, 3.8) is 0 Å². The molecule has 0 saturated carbocycles. The predicted octanol–water partition coefficient (Wildman–Crippen LogP) is 3.49. The average molecular weight is 407 g/mol. The molecule has 1 aromatic heterocycles. The highest BCUT2D eigenvalue weighted by molar-refractivity contribution is 8.26. The normalized spacial score (nSPS) is 15.4. The van der Waals surface area contributed by atoms with E-state index in [1.165, 1.54) is 24.3 Å². The number of aromatic nitrogens is 1. The second-order valence-corrected chi connectivity index (χ2v) is 7.60. The second kappa shape index (κ2) is 7.41. The minimum Gasteiger partial charge on any atom is -0.508 e. The molecule has 138 valence electrons. The Morgan fingerprint density at radius 1 is 1.14 bits per heavy atom. The molecule has 2 N–H and O–H groups in total. The van der Waals surface area contributed by atoms with Crippen molar-refractivity contribution >= 4 is 57.1 Å². The Bertz CT molecular complexity index is 1140. The number of carbonyl (C=O) groups excluding carboxylic acids is 2. The van der Waals surface area contributed by atoms with Crippen molar-refractivity contribution in [3.8, 4) is 5.75 Å². The number of thiocarbonyl (C=S) groups is 1. The SMILES string of the molecule is O=C(NN1C(=O)C(=Cc2cccc3cccnc23)SC1=S)c1ccc(O)cc1. The lowest BCUT2D eigenvalue weighted by Crippen LogP contribution is -2.44. The summed E-state index contributed by atoms with van der Waals surface area (Å²) < 4.78 is 0.233. The summed E-state index contributed by atoms with van der Waals surface area (Å²) in [4.78, 5) is 29.9. The van der Waals surface area contributed by atoms with Crippen molar-refractivity contribution in [2.45, 2.75) is 0 Å². The molecule has 3 aromatic rings. The van der Waals surface area contributed by atoms with Crippen molar-refractivity contribution in [2.24, 2.45) is 0 Å². The van der Waals surface area contributed by atoms with E-state index in [1.54, 1.807) is 12.3 Å². The Morgan fingerprint density at radius 2 is 1.89 bits per heavy atom. The number of fused-ring (bicyclic) bond motifs is 1. The molecule has 2 aromatic carbocycles. The van der Waals surface area contributed by atoms with Crippen LogP contribution in [0.4, 0.5) is 0 Å². The van der Waals surface area contributed by atoms with Gasteiger partial charge in [0.1, 0.15) is 5.75 Å². The largest absolute Gasteiger partial charge is 0.508 e. The molecule has 28 heavy (non-hydrogen) atoms. The zero-order valence-corrected chi connectivity index (χ0v) is 16.0. The van der Waals surface area contributed by atoms with Gasteiger partial charge >= 0.3 is 0 Å². The van der Waals surface area contributed by atoms with Crippen LogP contribution in [0.2, 0.25) is 0 Å². The van der Waals surface area contributed by atoms with Crippen LogP contribution in [0.15, 0.2) is 65.7 Å². The number of para-hydroxylation sites is 1. The van der Waals surface area contributed by atoms with Gasteiger partial charge in [-0.3, -0.25) is 20.0 Å². The molecule has 2 amide bonds. The molecular formula is C20H13N3O3S2.